The first-order valence-corrected chi connectivity index (χ1v) is 8.11. The monoisotopic (exact) mass is 202 g/mol. The van der Waals surface area contributed by atoms with Crippen LogP contribution in [0.5, 0.6) is 0 Å². The Kier molecular flexibility index (Phi) is 8.09. The third kappa shape index (κ3) is 8.77. The molecule has 2 nitrogen and oxygen atoms in total. The molecule has 0 aliphatic carbocycles. The van der Waals surface area contributed by atoms with Gasteiger partial charge in [-0.2, -0.15) is 0 Å². The Morgan fingerprint density at radius 1 is 1.23 bits per heavy atom. The zero-order chi connectivity index (χ0) is 10.3. The van der Waals surface area contributed by atoms with Crippen molar-refractivity contribution in [1.29, 1.82) is 0 Å². The van der Waals surface area contributed by atoms with Gasteiger partial charge in [0, 0.05) is 0 Å². The summed E-state index contributed by atoms with van der Waals surface area (Å²) in [5.41, 5.74) is 0. The molecule has 78 valence electrons. The Morgan fingerprint density at radius 2 is 1.85 bits per heavy atom. The highest BCUT2D eigenvalue weighted by molar-refractivity contribution is 6.48. The van der Waals surface area contributed by atoms with Gasteiger partial charge < -0.3 is 8.53 Å². The zero-order valence-corrected chi connectivity index (χ0v) is 10.8. The first kappa shape index (κ1) is 13.5. The normalized spacial score (nSPS) is 13.4. The highest BCUT2D eigenvalue weighted by atomic mass is 27.2. The molecule has 0 aliphatic heterocycles. The fourth-order valence-corrected chi connectivity index (χ4v) is 1.85. The highest BCUT2D eigenvalue weighted by Crippen LogP contribution is 2.07. The van der Waals surface area contributed by atoms with Gasteiger partial charge in [0.2, 0.25) is 0 Å². The van der Waals surface area contributed by atoms with Gasteiger partial charge in [0.1, 0.15) is 6.29 Å². The molecule has 0 heterocycles. The average Bonchev–Trinajstić information content (AvgIpc) is 1.99. The minimum absolute atomic E-state index is 0.0547. The molecular weight excluding hydrogens is 179 g/mol. The molecule has 0 amide bonds. The molecule has 13 heavy (non-hydrogen) atoms. The van der Waals surface area contributed by atoms with E-state index in [1.807, 2.05) is 0 Å². The largest absolute Gasteiger partial charge is 0.478 e. The van der Waals surface area contributed by atoms with E-state index in [0.717, 1.165) is 19.4 Å². The van der Waals surface area contributed by atoms with Crippen LogP contribution in [-0.2, 0) is 8.53 Å². The molecule has 0 aromatic heterocycles. The van der Waals surface area contributed by atoms with Crippen molar-refractivity contribution >= 4 is 14.5 Å². The molecule has 0 aromatic carbocycles. The van der Waals surface area contributed by atoms with Gasteiger partial charge in [-0.15, -0.1) is 0 Å². The Labute approximate surface area is 87.3 Å². The molecule has 0 aliphatic rings. The summed E-state index contributed by atoms with van der Waals surface area (Å²) >= 11 is -0.948. The number of hydrogen-bond donors (Lipinski definition) is 0. The smallest absolute Gasteiger partial charge is 0.455 e. The summed E-state index contributed by atoms with van der Waals surface area (Å²) in [7, 11) is 0. The molecule has 0 fully saturated rings. The van der Waals surface area contributed by atoms with E-state index in [1.165, 1.54) is 0 Å². The van der Waals surface area contributed by atoms with Crippen molar-refractivity contribution in [3.8, 4) is 0 Å². The van der Waals surface area contributed by atoms with Crippen molar-refractivity contribution in [1.82, 2.24) is 0 Å². The fraction of sp³-hybridized carbons (Fsp3) is 1.00. The van der Waals surface area contributed by atoms with E-state index in [2.05, 4.69) is 32.3 Å². The third-order valence-corrected chi connectivity index (χ3v) is 2.41. The molecule has 0 saturated carbocycles. The van der Waals surface area contributed by atoms with Crippen LogP contribution in [0.15, 0.2) is 0 Å². The number of hydrogen-bond acceptors (Lipinski definition) is 2. The van der Waals surface area contributed by atoms with Crippen LogP contribution >= 0.6 is 0 Å². The van der Waals surface area contributed by atoms with Crippen LogP contribution in [0.1, 0.15) is 33.6 Å². The molecule has 1 unspecified atom stereocenters. The predicted octanol–water partition coefficient (Wildman–Crippen LogP) is 3.05. The molecule has 0 N–H and O–H groups in total. The van der Waals surface area contributed by atoms with Gasteiger partial charge in [-0.3, -0.25) is 0 Å². The van der Waals surface area contributed by atoms with Crippen molar-refractivity contribution in [3.63, 3.8) is 0 Å². The van der Waals surface area contributed by atoms with Crippen LogP contribution in [0.4, 0.5) is 0 Å². The van der Waals surface area contributed by atoms with Gasteiger partial charge in [-0.05, 0) is 12.3 Å². The van der Waals surface area contributed by atoms with Crippen molar-refractivity contribution in [2.24, 2.45) is 5.92 Å². The molecule has 0 spiro atoms. The van der Waals surface area contributed by atoms with Gasteiger partial charge in [0.25, 0.3) is 0 Å². The van der Waals surface area contributed by atoms with Gasteiger partial charge in [-0.25, -0.2) is 0 Å². The van der Waals surface area contributed by atoms with E-state index in [9.17, 15) is 0 Å². The van der Waals surface area contributed by atoms with Gasteiger partial charge in [0.05, 0.1) is 6.61 Å². The Balaban J connectivity index is 3.66. The second kappa shape index (κ2) is 7.82. The van der Waals surface area contributed by atoms with Crippen LogP contribution in [0.3, 0.4) is 0 Å². The first-order chi connectivity index (χ1) is 6.06. The summed E-state index contributed by atoms with van der Waals surface area (Å²) in [6.07, 6.45) is 2.21. The molecular formula is C10H23AlO2. The van der Waals surface area contributed by atoms with Crippen LogP contribution in [0.25, 0.3) is 0 Å². The van der Waals surface area contributed by atoms with Gasteiger partial charge in [-0.1, -0.05) is 38.8 Å². The molecule has 0 radical (unpaired) electrons. The molecule has 1 atom stereocenters. The Bertz CT molecular complexity index is 115. The van der Waals surface area contributed by atoms with Crippen LogP contribution in [0, 0.1) is 5.92 Å². The molecule has 0 aromatic rings. The lowest BCUT2D eigenvalue weighted by Gasteiger charge is -2.21. The lowest BCUT2D eigenvalue weighted by molar-refractivity contribution is -0.0948. The third-order valence-electron chi connectivity index (χ3n) is 1.56. The SMILES string of the molecule is CCCC(OCC(C)C)[O][Al]([CH3])[CH3]. The predicted molar refractivity (Wildman–Crippen MR) is 58.1 cm³/mol. The van der Waals surface area contributed by atoms with Crippen LogP contribution in [0.2, 0.25) is 11.6 Å². The minimum Gasteiger partial charge on any atom is -0.478 e. The summed E-state index contributed by atoms with van der Waals surface area (Å²) in [5, 5.41) is 0. The zero-order valence-electron chi connectivity index (χ0n) is 9.67. The van der Waals surface area contributed by atoms with Gasteiger partial charge in [0.15, 0.2) is 0 Å². The van der Waals surface area contributed by atoms with E-state index < -0.39 is 14.5 Å². The van der Waals surface area contributed by atoms with Crippen LogP contribution < -0.4 is 0 Å². The summed E-state index contributed by atoms with van der Waals surface area (Å²) in [6, 6.07) is 0. The maximum atomic E-state index is 5.76. The van der Waals surface area contributed by atoms with E-state index in [1.54, 1.807) is 0 Å². The number of rotatable bonds is 7. The first-order valence-electron chi connectivity index (χ1n) is 5.33. The minimum atomic E-state index is -0.948. The number of ether oxygens (including phenoxy) is 1. The van der Waals surface area contributed by atoms with Crippen molar-refractivity contribution < 1.29 is 8.53 Å². The summed E-state index contributed by atoms with van der Waals surface area (Å²) in [4.78, 5) is 0. The van der Waals surface area contributed by atoms with E-state index >= 15 is 0 Å². The van der Waals surface area contributed by atoms with Crippen LogP contribution in [-0.4, -0.2) is 27.4 Å². The van der Waals surface area contributed by atoms with Crippen molar-refractivity contribution in [2.75, 3.05) is 6.61 Å². The topological polar surface area (TPSA) is 18.5 Å². The lowest BCUT2D eigenvalue weighted by Crippen LogP contribution is -2.25. The summed E-state index contributed by atoms with van der Waals surface area (Å²) in [6.45, 7) is 7.30. The summed E-state index contributed by atoms with van der Waals surface area (Å²) < 4.78 is 11.4. The van der Waals surface area contributed by atoms with E-state index in [4.69, 9.17) is 8.53 Å². The van der Waals surface area contributed by atoms with E-state index in [-0.39, 0.29) is 6.29 Å². The Morgan fingerprint density at radius 3 is 2.23 bits per heavy atom. The second-order valence-corrected chi connectivity index (χ2v) is 6.50. The summed E-state index contributed by atoms with van der Waals surface area (Å²) in [5.74, 6) is 4.96. The fourth-order valence-electron chi connectivity index (χ4n) is 1.03. The average molecular weight is 202 g/mol. The van der Waals surface area contributed by atoms with Gasteiger partial charge >= 0.3 is 14.5 Å². The van der Waals surface area contributed by atoms with Crippen molar-refractivity contribution in [2.45, 2.75) is 51.5 Å². The van der Waals surface area contributed by atoms with Crippen molar-refractivity contribution in [3.05, 3.63) is 0 Å². The second-order valence-electron chi connectivity index (χ2n) is 4.13. The standard InChI is InChI=1S/C8H17O2.2CH3.Al/c1-4-5-8(9)10-6-7(2)3;;;/h7-8H,4-6H2,1-3H3;2*1H3;/q-1;;;+1. The Hall–Kier alpha value is 0.452. The lowest BCUT2D eigenvalue weighted by atomic mass is 10.2. The maximum absolute atomic E-state index is 5.76. The maximum Gasteiger partial charge on any atom is 0.455 e. The molecule has 0 saturated heterocycles. The molecule has 0 rings (SSSR count). The molecule has 0 bridgehead atoms. The highest BCUT2D eigenvalue weighted by Gasteiger charge is 2.14. The van der Waals surface area contributed by atoms with E-state index in [0.29, 0.717) is 5.92 Å². The quantitative estimate of drug-likeness (QED) is 0.466. The molecule has 3 heteroatoms.